The fourth-order valence-electron chi connectivity index (χ4n) is 4.60. The van der Waals surface area contributed by atoms with Crippen LogP contribution in [0.15, 0.2) is 36.4 Å². The zero-order chi connectivity index (χ0) is 21.8. The van der Waals surface area contributed by atoms with E-state index in [0.29, 0.717) is 31.0 Å². The summed E-state index contributed by atoms with van der Waals surface area (Å²) in [6, 6.07) is 11.9. The van der Waals surface area contributed by atoms with Crippen molar-refractivity contribution in [3.8, 4) is 11.5 Å². The fourth-order valence-corrected chi connectivity index (χ4v) is 4.60. The number of rotatable bonds is 7. The number of nitrogens with zero attached hydrogens (tertiary/aromatic N) is 1. The molecule has 0 saturated carbocycles. The highest BCUT2D eigenvalue weighted by atomic mass is 16.5. The van der Waals surface area contributed by atoms with E-state index in [1.165, 1.54) is 17.5 Å². The molecule has 2 aromatic rings. The second kappa shape index (κ2) is 9.41. The van der Waals surface area contributed by atoms with Crippen molar-refractivity contribution in [3.05, 3.63) is 53.1 Å². The van der Waals surface area contributed by atoms with Crippen LogP contribution in [0.4, 0.5) is 5.69 Å². The summed E-state index contributed by atoms with van der Waals surface area (Å²) in [5, 5.41) is 3.11. The first kappa shape index (κ1) is 21.2. The number of carbonyl (C=O) groups excluding carboxylic acids is 2. The molecule has 0 aromatic heterocycles. The Bertz CT molecular complexity index is 972. The minimum Gasteiger partial charge on any atom is -0.493 e. The maximum atomic E-state index is 12.9. The molecule has 6 heteroatoms. The standard InChI is InChI=1S/C25H30N2O4/c1-30-22-11-10-17(14-23(22)31-2)12-13-27-16-19(15-24(27)28)25(29)26-21-9-5-7-18-6-3-4-8-20(18)21/h5,7,9-11,14,19H,3-4,6,8,12-13,15-16H2,1-2H3,(H,26,29). The smallest absolute Gasteiger partial charge is 0.229 e. The number of aryl methyl sites for hydroxylation is 1. The quantitative estimate of drug-likeness (QED) is 0.740. The molecular formula is C25H30N2O4. The fraction of sp³-hybridized carbons (Fsp3) is 0.440. The lowest BCUT2D eigenvalue weighted by Crippen LogP contribution is -2.30. The molecule has 6 nitrogen and oxygen atoms in total. The van der Waals surface area contributed by atoms with Crippen LogP contribution in [0.2, 0.25) is 0 Å². The third kappa shape index (κ3) is 4.68. The van der Waals surface area contributed by atoms with Crippen LogP contribution in [-0.4, -0.2) is 44.0 Å². The van der Waals surface area contributed by atoms with Gasteiger partial charge in [0.25, 0.3) is 0 Å². The van der Waals surface area contributed by atoms with Crippen molar-refractivity contribution in [2.45, 2.75) is 38.5 Å². The Hall–Kier alpha value is -3.02. The van der Waals surface area contributed by atoms with E-state index in [1.807, 2.05) is 30.3 Å². The molecule has 31 heavy (non-hydrogen) atoms. The predicted octanol–water partition coefficient (Wildman–Crippen LogP) is 3.61. The van der Waals surface area contributed by atoms with Crippen LogP contribution in [0.1, 0.15) is 36.0 Å². The van der Waals surface area contributed by atoms with E-state index >= 15 is 0 Å². The number of ether oxygens (including phenoxy) is 2. The maximum Gasteiger partial charge on any atom is 0.229 e. The third-order valence-electron chi connectivity index (χ3n) is 6.36. The molecule has 164 valence electrons. The van der Waals surface area contributed by atoms with E-state index in [9.17, 15) is 9.59 Å². The Balaban J connectivity index is 1.36. The van der Waals surface area contributed by atoms with Gasteiger partial charge in [0.05, 0.1) is 20.1 Å². The molecule has 1 heterocycles. The number of methoxy groups -OCH3 is 2. The Morgan fingerprint density at radius 1 is 1.10 bits per heavy atom. The van der Waals surface area contributed by atoms with Crippen LogP contribution >= 0.6 is 0 Å². The van der Waals surface area contributed by atoms with Crippen molar-refractivity contribution >= 4 is 17.5 Å². The minimum atomic E-state index is -0.308. The van der Waals surface area contributed by atoms with Crippen molar-refractivity contribution < 1.29 is 19.1 Å². The topological polar surface area (TPSA) is 67.9 Å². The summed E-state index contributed by atoms with van der Waals surface area (Å²) in [5.74, 6) is 1.04. The summed E-state index contributed by atoms with van der Waals surface area (Å²) in [5.41, 5.74) is 4.58. The van der Waals surface area contributed by atoms with Crippen LogP contribution in [0.3, 0.4) is 0 Å². The SMILES string of the molecule is COc1ccc(CCN2CC(C(=O)Nc3cccc4c3CCCC4)CC2=O)cc1OC. The lowest BCUT2D eigenvalue weighted by molar-refractivity contribution is -0.128. The van der Waals surface area contributed by atoms with Crippen LogP contribution in [0, 0.1) is 5.92 Å². The Morgan fingerprint density at radius 2 is 1.90 bits per heavy atom. The lowest BCUT2D eigenvalue weighted by atomic mass is 9.90. The number of hydrogen-bond donors (Lipinski definition) is 1. The minimum absolute atomic E-state index is 0.0377. The Kier molecular flexibility index (Phi) is 6.44. The zero-order valence-electron chi connectivity index (χ0n) is 18.3. The van der Waals surface area contributed by atoms with Crippen molar-refractivity contribution in [1.29, 1.82) is 0 Å². The molecule has 1 unspecified atom stereocenters. The maximum absolute atomic E-state index is 12.9. The molecule has 1 fully saturated rings. The molecule has 0 spiro atoms. The molecule has 2 aliphatic rings. The van der Waals surface area contributed by atoms with E-state index in [-0.39, 0.29) is 24.2 Å². The molecule has 1 aliphatic carbocycles. The number of likely N-dealkylation sites (tertiary alicyclic amines) is 1. The molecule has 1 saturated heterocycles. The van der Waals surface area contributed by atoms with E-state index in [2.05, 4.69) is 11.4 Å². The van der Waals surface area contributed by atoms with Crippen LogP contribution in [0.25, 0.3) is 0 Å². The average Bonchev–Trinajstić information content (AvgIpc) is 3.18. The Morgan fingerprint density at radius 3 is 2.71 bits per heavy atom. The van der Waals surface area contributed by atoms with Gasteiger partial charge >= 0.3 is 0 Å². The molecule has 2 aromatic carbocycles. The van der Waals surface area contributed by atoms with E-state index in [1.54, 1.807) is 19.1 Å². The normalized spacial score (nSPS) is 17.9. The van der Waals surface area contributed by atoms with Gasteiger partial charge in [0.2, 0.25) is 11.8 Å². The molecular weight excluding hydrogens is 392 g/mol. The molecule has 1 aliphatic heterocycles. The molecule has 2 amide bonds. The molecule has 1 atom stereocenters. The molecule has 0 radical (unpaired) electrons. The van der Waals surface area contributed by atoms with Crippen molar-refractivity contribution in [1.82, 2.24) is 4.90 Å². The third-order valence-corrected chi connectivity index (χ3v) is 6.36. The van der Waals surface area contributed by atoms with E-state index in [0.717, 1.165) is 30.5 Å². The molecule has 1 N–H and O–H groups in total. The van der Waals surface area contributed by atoms with Crippen LogP contribution < -0.4 is 14.8 Å². The van der Waals surface area contributed by atoms with E-state index < -0.39 is 0 Å². The van der Waals surface area contributed by atoms with Crippen LogP contribution in [0.5, 0.6) is 11.5 Å². The number of benzene rings is 2. The highest BCUT2D eigenvalue weighted by molar-refractivity contribution is 5.97. The van der Waals surface area contributed by atoms with Gasteiger partial charge in [-0.2, -0.15) is 0 Å². The number of amides is 2. The second-order valence-corrected chi connectivity index (χ2v) is 8.32. The van der Waals surface area contributed by atoms with Crippen molar-refractivity contribution in [3.63, 3.8) is 0 Å². The van der Waals surface area contributed by atoms with Gasteiger partial charge in [0, 0.05) is 25.2 Å². The molecule has 0 bridgehead atoms. The summed E-state index contributed by atoms with van der Waals surface area (Å²) >= 11 is 0. The van der Waals surface area contributed by atoms with Crippen molar-refractivity contribution in [2.24, 2.45) is 5.92 Å². The van der Waals surface area contributed by atoms with Gasteiger partial charge < -0.3 is 19.7 Å². The predicted molar refractivity (Wildman–Crippen MR) is 120 cm³/mol. The number of carbonyl (C=O) groups is 2. The Labute approximate surface area is 183 Å². The number of hydrogen-bond acceptors (Lipinski definition) is 4. The summed E-state index contributed by atoms with van der Waals surface area (Å²) in [6.07, 6.45) is 5.42. The number of nitrogens with one attached hydrogen (secondary N) is 1. The van der Waals surface area contributed by atoms with Gasteiger partial charge in [-0.15, -0.1) is 0 Å². The highest BCUT2D eigenvalue weighted by Crippen LogP contribution is 2.30. The van der Waals surface area contributed by atoms with Gasteiger partial charge in [0.15, 0.2) is 11.5 Å². The van der Waals surface area contributed by atoms with Crippen molar-refractivity contribution in [2.75, 3.05) is 32.6 Å². The highest BCUT2D eigenvalue weighted by Gasteiger charge is 2.34. The first-order chi connectivity index (χ1) is 15.1. The zero-order valence-corrected chi connectivity index (χ0v) is 18.3. The molecule has 4 rings (SSSR count). The van der Waals surface area contributed by atoms with E-state index in [4.69, 9.17) is 9.47 Å². The van der Waals surface area contributed by atoms with Gasteiger partial charge in [-0.3, -0.25) is 9.59 Å². The lowest BCUT2D eigenvalue weighted by Gasteiger charge is -2.21. The van der Waals surface area contributed by atoms with Gasteiger partial charge in [0.1, 0.15) is 0 Å². The summed E-state index contributed by atoms with van der Waals surface area (Å²) in [7, 11) is 3.22. The number of fused-ring (bicyclic) bond motifs is 1. The average molecular weight is 423 g/mol. The second-order valence-electron chi connectivity index (χ2n) is 8.32. The first-order valence-electron chi connectivity index (χ1n) is 11.0. The summed E-state index contributed by atoms with van der Waals surface area (Å²) in [6.45, 7) is 1.05. The van der Waals surface area contributed by atoms with Gasteiger partial charge in [-0.25, -0.2) is 0 Å². The first-order valence-corrected chi connectivity index (χ1v) is 11.0. The largest absolute Gasteiger partial charge is 0.493 e. The van der Waals surface area contributed by atoms with Gasteiger partial charge in [-0.1, -0.05) is 18.2 Å². The number of anilines is 1. The summed E-state index contributed by atoms with van der Waals surface area (Å²) < 4.78 is 10.6. The monoisotopic (exact) mass is 422 g/mol. The van der Waals surface area contributed by atoms with Crippen LogP contribution in [-0.2, 0) is 28.9 Å². The van der Waals surface area contributed by atoms with Gasteiger partial charge in [-0.05, 0) is 67.0 Å². The summed E-state index contributed by atoms with van der Waals surface area (Å²) in [4.78, 5) is 27.2.